The van der Waals surface area contributed by atoms with Crippen molar-refractivity contribution in [2.45, 2.75) is 45.8 Å². The van der Waals surface area contributed by atoms with Gasteiger partial charge in [-0.15, -0.1) is 0 Å². The van der Waals surface area contributed by atoms with E-state index in [4.69, 9.17) is 15.0 Å². The number of hydrogen-bond donors (Lipinski definition) is 0. The third-order valence-corrected chi connectivity index (χ3v) is 9.24. The summed E-state index contributed by atoms with van der Waals surface area (Å²) in [4.78, 5) is 18.7. The first-order valence-electron chi connectivity index (χ1n) is 12.5. The molecule has 2 aliphatic rings. The number of ether oxygens (including phenoxy) is 1. The molecule has 5 rings (SSSR count). The molecule has 2 aliphatic heterocycles. The first kappa shape index (κ1) is 23.8. The molecule has 8 nitrogen and oxygen atoms in total. The van der Waals surface area contributed by atoms with Crippen molar-refractivity contribution in [3.05, 3.63) is 42.5 Å². The summed E-state index contributed by atoms with van der Waals surface area (Å²) in [6.45, 7) is 14.7. The van der Waals surface area contributed by atoms with Gasteiger partial charge in [0, 0.05) is 58.7 Å². The van der Waals surface area contributed by atoms with Gasteiger partial charge >= 0.3 is 0 Å². The normalized spacial score (nSPS) is 22.4. The lowest BCUT2D eigenvalue weighted by Crippen LogP contribution is -2.47. The number of rotatable bonds is 7. The largest absolute Gasteiger partial charge is 0.361 e. The van der Waals surface area contributed by atoms with Crippen molar-refractivity contribution >= 4 is 30.7 Å². The first-order valence-corrected chi connectivity index (χ1v) is 16.2. The van der Waals surface area contributed by atoms with E-state index in [1.165, 1.54) is 0 Å². The standard InChI is InChI=1S/C26H35N7OSi/c1-26-16-31(9-7-21(26)15-33(17-26)23-6-5-20(13-27)14-28-23)24-22-8-10-32(25(22)30-18-29-24)19-34-11-12-35(2,3)4/h5-6,8,10,14,18,21H,7,9,11-12,15-17,19H2,1-4H3/t21-,26+/m1/s1. The smallest absolute Gasteiger partial charge is 0.147 e. The number of piperidine rings is 1. The van der Waals surface area contributed by atoms with Gasteiger partial charge in [0.05, 0.1) is 10.9 Å². The summed E-state index contributed by atoms with van der Waals surface area (Å²) in [5.41, 5.74) is 1.68. The van der Waals surface area contributed by atoms with Crippen LogP contribution in [0.25, 0.3) is 11.0 Å². The number of anilines is 2. The van der Waals surface area contributed by atoms with Crippen molar-refractivity contribution < 1.29 is 4.74 Å². The molecule has 3 aromatic heterocycles. The Morgan fingerprint density at radius 1 is 1.14 bits per heavy atom. The minimum atomic E-state index is -1.10. The molecule has 0 aliphatic carbocycles. The van der Waals surface area contributed by atoms with Gasteiger partial charge in [-0.25, -0.2) is 15.0 Å². The Labute approximate surface area is 208 Å². The van der Waals surface area contributed by atoms with Gasteiger partial charge in [0.2, 0.25) is 0 Å². The number of nitriles is 1. The topological polar surface area (TPSA) is 83.1 Å². The lowest BCUT2D eigenvalue weighted by Gasteiger charge is -2.42. The molecule has 0 radical (unpaired) electrons. The van der Waals surface area contributed by atoms with Crippen LogP contribution in [0.4, 0.5) is 11.6 Å². The Kier molecular flexibility index (Phi) is 6.28. The van der Waals surface area contributed by atoms with Crippen LogP contribution in [0.5, 0.6) is 0 Å². The second kappa shape index (κ2) is 9.24. The van der Waals surface area contributed by atoms with E-state index in [1.54, 1.807) is 12.5 Å². The lowest BCUT2D eigenvalue weighted by atomic mass is 9.75. The lowest BCUT2D eigenvalue weighted by molar-refractivity contribution is 0.0899. The van der Waals surface area contributed by atoms with Crippen LogP contribution in [-0.2, 0) is 11.5 Å². The van der Waals surface area contributed by atoms with Crippen molar-refractivity contribution in [1.82, 2.24) is 19.5 Å². The van der Waals surface area contributed by atoms with E-state index in [2.05, 4.69) is 69.2 Å². The highest BCUT2D eigenvalue weighted by Gasteiger charge is 2.47. The highest BCUT2D eigenvalue weighted by molar-refractivity contribution is 6.76. The minimum Gasteiger partial charge on any atom is -0.361 e. The van der Waals surface area contributed by atoms with E-state index >= 15 is 0 Å². The second-order valence-corrected chi connectivity index (χ2v) is 17.1. The predicted octanol–water partition coefficient (Wildman–Crippen LogP) is 4.36. The summed E-state index contributed by atoms with van der Waals surface area (Å²) < 4.78 is 8.07. The number of hydrogen-bond acceptors (Lipinski definition) is 7. The average molecular weight is 490 g/mol. The van der Waals surface area contributed by atoms with Gasteiger partial charge in [-0.1, -0.05) is 26.6 Å². The quantitative estimate of drug-likeness (QED) is 0.360. The maximum atomic E-state index is 9.07. The van der Waals surface area contributed by atoms with Crippen LogP contribution in [-0.4, -0.2) is 60.4 Å². The van der Waals surface area contributed by atoms with Crippen LogP contribution in [0, 0.1) is 22.7 Å². The molecule has 0 N–H and O–H groups in total. The molecule has 35 heavy (non-hydrogen) atoms. The summed E-state index contributed by atoms with van der Waals surface area (Å²) in [6.07, 6.45) is 6.55. The average Bonchev–Trinajstić information content (AvgIpc) is 3.41. The molecule has 9 heteroatoms. The molecular formula is C26H35N7OSi. The Balaban J connectivity index is 1.30. The van der Waals surface area contributed by atoms with Gasteiger partial charge in [0.25, 0.3) is 0 Å². The van der Waals surface area contributed by atoms with Crippen molar-refractivity contribution in [2.24, 2.45) is 11.3 Å². The number of pyridine rings is 1. The second-order valence-electron chi connectivity index (χ2n) is 11.5. The van der Waals surface area contributed by atoms with Crippen LogP contribution >= 0.6 is 0 Å². The summed E-state index contributed by atoms with van der Waals surface area (Å²) in [7, 11) is -1.10. The Morgan fingerprint density at radius 2 is 1.97 bits per heavy atom. The zero-order chi connectivity index (χ0) is 24.6. The predicted molar refractivity (Wildman–Crippen MR) is 141 cm³/mol. The van der Waals surface area contributed by atoms with Gasteiger partial charge in [0.15, 0.2) is 0 Å². The molecule has 2 fully saturated rings. The molecule has 0 saturated carbocycles. The van der Waals surface area contributed by atoms with Gasteiger partial charge in [-0.05, 0) is 36.6 Å². The van der Waals surface area contributed by atoms with Crippen molar-refractivity contribution in [3.8, 4) is 6.07 Å². The zero-order valence-electron chi connectivity index (χ0n) is 21.2. The van der Waals surface area contributed by atoms with Gasteiger partial charge in [-0.3, -0.25) is 0 Å². The highest BCUT2D eigenvalue weighted by Crippen LogP contribution is 2.44. The van der Waals surface area contributed by atoms with Crippen molar-refractivity contribution in [3.63, 3.8) is 0 Å². The summed E-state index contributed by atoms with van der Waals surface area (Å²) in [5, 5.41) is 10.2. The molecule has 0 bridgehead atoms. The van der Waals surface area contributed by atoms with Crippen LogP contribution in [0.1, 0.15) is 18.9 Å². The molecule has 0 unspecified atom stereocenters. The van der Waals surface area contributed by atoms with Crippen LogP contribution in [0.15, 0.2) is 36.9 Å². The van der Waals surface area contributed by atoms with E-state index in [0.717, 1.165) is 67.9 Å². The Bertz CT molecular complexity index is 1230. The van der Waals surface area contributed by atoms with E-state index in [0.29, 0.717) is 18.2 Å². The number of nitrogens with zero attached hydrogens (tertiary/aromatic N) is 7. The first-order chi connectivity index (χ1) is 16.8. The van der Waals surface area contributed by atoms with Gasteiger partial charge < -0.3 is 19.1 Å². The van der Waals surface area contributed by atoms with E-state index in [-0.39, 0.29) is 5.41 Å². The highest BCUT2D eigenvalue weighted by atomic mass is 28.3. The maximum Gasteiger partial charge on any atom is 0.147 e. The van der Waals surface area contributed by atoms with Crippen LogP contribution in [0.2, 0.25) is 25.7 Å². The molecular weight excluding hydrogens is 454 g/mol. The van der Waals surface area contributed by atoms with Crippen LogP contribution in [0.3, 0.4) is 0 Å². The van der Waals surface area contributed by atoms with Gasteiger partial charge in [-0.2, -0.15) is 5.26 Å². The summed E-state index contributed by atoms with van der Waals surface area (Å²) in [5.74, 6) is 2.59. The molecule has 0 amide bonds. The SMILES string of the molecule is C[C@]12CN(c3ccc(C#N)cn3)C[C@H]1CCN(c1ncnc3c1ccn3COCC[Si](C)(C)C)C2. The molecule has 2 saturated heterocycles. The Morgan fingerprint density at radius 3 is 2.71 bits per heavy atom. The third kappa shape index (κ3) is 4.91. The van der Waals surface area contributed by atoms with E-state index in [1.807, 2.05) is 12.1 Å². The van der Waals surface area contributed by atoms with E-state index in [9.17, 15) is 0 Å². The molecule has 0 aromatic carbocycles. The Hall–Kier alpha value is -2.96. The fraction of sp³-hybridized carbons (Fsp3) is 0.538. The van der Waals surface area contributed by atoms with Gasteiger partial charge in [0.1, 0.15) is 36.4 Å². The number of fused-ring (bicyclic) bond motifs is 2. The monoisotopic (exact) mass is 489 g/mol. The molecule has 5 heterocycles. The number of aromatic nitrogens is 4. The maximum absolute atomic E-state index is 9.07. The third-order valence-electron chi connectivity index (χ3n) is 7.54. The fourth-order valence-electron chi connectivity index (χ4n) is 5.44. The van der Waals surface area contributed by atoms with E-state index < -0.39 is 8.07 Å². The molecule has 2 atom stereocenters. The van der Waals surface area contributed by atoms with Crippen molar-refractivity contribution in [2.75, 3.05) is 42.6 Å². The summed E-state index contributed by atoms with van der Waals surface area (Å²) in [6, 6.07) is 9.27. The summed E-state index contributed by atoms with van der Waals surface area (Å²) >= 11 is 0. The van der Waals surface area contributed by atoms with Crippen LogP contribution < -0.4 is 9.80 Å². The molecule has 0 spiro atoms. The fourth-order valence-corrected chi connectivity index (χ4v) is 6.20. The minimum absolute atomic E-state index is 0.146. The zero-order valence-corrected chi connectivity index (χ0v) is 22.2. The molecule has 184 valence electrons. The molecule has 3 aromatic rings. The van der Waals surface area contributed by atoms with Crippen molar-refractivity contribution in [1.29, 1.82) is 5.26 Å².